The summed E-state index contributed by atoms with van der Waals surface area (Å²) in [6.45, 7) is 6.38. The Bertz CT molecular complexity index is 630. The van der Waals surface area contributed by atoms with Crippen molar-refractivity contribution in [3.05, 3.63) is 50.9 Å². The summed E-state index contributed by atoms with van der Waals surface area (Å²) in [5.41, 5.74) is 1.10. The van der Waals surface area contributed by atoms with E-state index in [4.69, 9.17) is 11.6 Å². The van der Waals surface area contributed by atoms with Crippen LogP contribution in [0.2, 0.25) is 5.02 Å². The number of halogens is 2. The number of thiazole rings is 1. The highest BCUT2D eigenvalue weighted by Crippen LogP contribution is 2.12. The van der Waals surface area contributed by atoms with Crippen LogP contribution in [0, 0.1) is 6.92 Å². The quantitative estimate of drug-likeness (QED) is 0.386. The summed E-state index contributed by atoms with van der Waals surface area (Å²) in [6, 6.07) is 7.77. The molecule has 0 atom stereocenters. The minimum absolute atomic E-state index is 0. The Morgan fingerprint density at radius 2 is 2.17 bits per heavy atom. The van der Waals surface area contributed by atoms with Gasteiger partial charge in [0.25, 0.3) is 0 Å². The molecule has 2 aromatic rings. The molecular weight excluding hydrogens is 443 g/mol. The molecule has 0 radical (unpaired) electrons. The third-order valence-corrected chi connectivity index (χ3v) is 4.16. The van der Waals surface area contributed by atoms with Gasteiger partial charge in [-0.3, -0.25) is 0 Å². The predicted molar refractivity (Wildman–Crippen MR) is 110 cm³/mol. The maximum Gasteiger partial charge on any atom is 0.191 e. The van der Waals surface area contributed by atoms with Crippen LogP contribution in [0.1, 0.15) is 22.4 Å². The SMILES string of the molecule is CCNC(=NCc1cccc(Cl)c1)NCCc1ncc(C)s1.I. The summed E-state index contributed by atoms with van der Waals surface area (Å²) >= 11 is 7.73. The fourth-order valence-electron chi connectivity index (χ4n) is 1.95. The van der Waals surface area contributed by atoms with Crippen LogP contribution in [-0.2, 0) is 13.0 Å². The van der Waals surface area contributed by atoms with E-state index >= 15 is 0 Å². The third-order valence-electron chi connectivity index (χ3n) is 2.95. The van der Waals surface area contributed by atoms with Crippen molar-refractivity contribution in [2.45, 2.75) is 26.8 Å². The average Bonchev–Trinajstić information content (AvgIpc) is 2.90. The first kappa shape index (κ1) is 20.2. The van der Waals surface area contributed by atoms with E-state index in [1.54, 1.807) is 11.3 Å². The topological polar surface area (TPSA) is 49.3 Å². The summed E-state index contributed by atoms with van der Waals surface area (Å²) in [6.07, 6.45) is 2.82. The van der Waals surface area contributed by atoms with Gasteiger partial charge >= 0.3 is 0 Å². The zero-order chi connectivity index (χ0) is 15.8. The van der Waals surface area contributed by atoms with Crippen molar-refractivity contribution in [2.24, 2.45) is 4.99 Å². The van der Waals surface area contributed by atoms with Gasteiger partial charge < -0.3 is 10.6 Å². The molecule has 1 aromatic heterocycles. The minimum Gasteiger partial charge on any atom is -0.357 e. The van der Waals surface area contributed by atoms with E-state index in [0.29, 0.717) is 6.54 Å². The van der Waals surface area contributed by atoms with Gasteiger partial charge in [-0.25, -0.2) is 9.98 Å². The number of benzene rings is 1. The van der Waals surface area contributed by atoms with Gasteiger partial charge in [-0.05, 0) is 31.5 Å². The molecule has 126 valence electrons. The first-order valence-electron chi connectivity index (χ1n) is 7.35. The van der Waals surface area contributed by atoms with Crippen LogP contribution in [-0.4, -0.2) is 24.0 Å². The Morgan fingerprint density at radius 1 is 1.35 bits per heavy atom. The lowest BCUT2D eigenvalue weighted by Crippen LogP contribution is -2.38. The monoisotopic (exact) mass is 464 g/mol. The summed E-state index contributed by atoms with van der Waals surface area (Å²) in [4.78, 5) is 10.2. The normalized spacial score (nSPS) is 11.0. The maximum absolute atomic E-state index is 5.99. The molecule has 0 unspecified atom stereocenters. The lowest BCUT2D eigenvalue weighted by molar-refractivity contribution is 0.796. The molecule has 4 nitrogen and oxygen atoms in total. The largest absolute Gasteiger partial charge is 0.357 e. The number of guanidine groups is 1. The standard InChI is InChI=1S/C16H21ClN4S.HI/c1-3-18-16(19-8-7-15-20-10-12(2)22-15)21-11-13-5-4-6-14(17)9-13;/h4-6,9-10H,3,7-8,11H2,1-2H3,(H2,18,19,21);1H. The van der Waals surface area contributed by atoms with Gasteiger partial charge in [0.05, 0.1) is 11.6 Å². The molecule has 1 aromatic carbocycles. The van der Waals surface area contributed by atoms with Crippen molar-refractivity contribution in [3.63, 3.8) is 0 Å². The Morgan fingerprint density at radius 3 is 2.83 bits per heavy atom. The molecule has 0 aliphatic rings. The Balaban J connectivity index is 0.00000264. The van der Waals surface area contributed by atoms with E-state index in [1.165, 1.54) is 4.88 Å². The molecule has 1 heterocycles. The Labute approximate surface area is 163 Å². The van der Waals surface area contributed by atoms with Crippen molar-refractivity contribution in [1.29, 1.82) is 0 Å². The van der Waals surface area contributed by atoms with Gasteiger partial charge in [0.15, 0.2) is 5.96 Å². The van der Waals surface area contributed by atoms with Crippen molar-refractivity contribution in [3.8, 4) is 0 Å². The minimum atomic E-state index is 0. The fourth-order valence-corrected chi connectivity index (χ4v) is 2.95. The number of aromatic nitrogens is 1. The first-order chi connectivity index (χ1) is 10.7. The van der Waals surface area contributed by atoms with Gasteiger partial charge in [0, 0.05) is 35.6 Å². The number of aryl methyl sites for hydroxylation is 1. The molecule has 0 aliphatic carbocycles. The van der Waals surface area contributed by atoms with Crippen molar-refractivity contribution < 1.29 is 0 Å². The molecule has 0 saturated heterocycles. The third kappa shape index (κ3) is 7.50. The van der Waals surface area contributed by atoms with Crippen molar-refractivity contribution >= 4 is 52.9 Å². The fraction of sp³-hybridized carbons (Fsp3) is 0.375. The first-order valence-corrected chi connectivity index (χ1v) is 8.54. The molecule has 0 saturated carbocycles. The van der Waals surface area contributed by atoms with Gasteiger partial charge in [-0.15, -0.1) is 35.3 Å². The Kier molecular flexibility index (Phi) is 9.50. The molecule has 0 amide bonds. The summed E-state index contributed by atoms with van der Waals surface area (Å²) < 4.78 is 0. The smallest absolute Gasteiger partial charge is 0.191 e. The van der Waals surface area contributed by atoms with Crippen LogP contribution in [0.15, 0.2) is 35.5 Å². The second-order valence-corrected chi connectivity index (χ2v) is 6.62. The predicted octanol–water partition coefficient (Wildman–Crippen LogP) is 4.02. The number of hydrogen-bond acceptors (Lipinski definition) is 3. The maximum atomic E-state index is 5.99. The van der Waals surface area contributed by atoms with Crippen LogP contribution in [0.3, 0.4) is 0 Å². The second kappa shape index (κ2) is 10.8. The highest BCUT2D eigenvalue weighted by molar-refractivity contribution is 14.0. The van der Waals surface area contributed by atoms with Crippen LogP contribution in [0.5, 0.6) is 0 Å². The van der Waals surface area contributed by atoms with Gasteiger partial charge in [0.2, 0.25) is 0 Å². The van der Waals surface area contributed by atoms with Gasteiger partial charge in [0.1, 0.15) is 0 Å². The van der Waals surface area contributed by atoms with E-state index in [-0.39, 0.29) is 24.0 Å². The molecule has 0 fully saturated rings. The molecule has 0 aliphatic heterocycles. The van der Waals surface area contributed by atoms with Crippen LogP contribution >= 0.6 is 46.9 Å². The Hall–Kier alpha value is -0.860. The van der Waals surface area contributed by atoms with Gasteiger partial charge in [-0.1, -0.05) is 23.7 Å². The van der Waals surface area contributed by atoms with Crippen LogP contribution < -0.4 is 10.6 Å². The van der Waals surface area contributed by atoms with Crippen LogP contribution in [0.4, 0.5) is 0 Å². The van der Waals surface area contributed by atoms with E-state index < -0.39 is 0 Å². The molecule has 23 heavy (non-hydrogen) atoms. The lowest BCUT2D eigenvalue weighted by Gasteiger charge is -2.10. The second-order valence-electron chi connectivity index (χ2n) is 4.87. The molecule has 2 rings (SSSR count). The highest BCUT2D eigenvalue weighted by Gasteiger charge is 2.01. The van der Waals surface area contributed by atoms with E-state index in [0.717, 1.165) is 41.1 Å². The highest BCUT2D eigenvalue weighted by atomic mass is 127. The van der Waals surface area contributed by atoms with E-state index in [9.17, 15) is 0 Å². The molecular formula is C16H22ClIN4S. The van der Waals surface area contributed by atoms with Crippen molar-refractivity contribution in [1.82, 2.24) is 15.6 Å². The summed E-state index contributed by atoms with van der Waals surface area (Å²) in [5, 5.41) is 8.47. The summed E-state index contributed by atoms with van der Waals surface area (Å²) in [7, 11) is 0. The van der Waals surface area contributed by atoms with E-state index in [2.05, 4.69) is 34.5 Å². The lowest BCUT2D eigenvalue weighted by atomic mass is 10.2. The van der Waals surface area contributed by atoms with Gasteiger partial charge in [-0.2, -0.15) is 0 Å². The number of aliphatic imine (C=N–C) groups is 1. The van der Waals surface area contributed by atoms with Crippen LogP contribution in [0.25, 0.3) is 0 Å². The average molecular weight is 465 g/mol. The number of hydrogen-bond donors (Lipinski definition) is 2. The zero-order valence-electron chi connectivity index (χ0n) is 13.3. The molecule has 7 heteroatoms. The number of nitrogens with one attached hydrogen (secondary N) is 2. The molecule has 0 spiro atoms. The summed E-state index contributed by atoms with van der Waals surface area (Å²) in [5.74, 6) is 0.816. The molecule has 2 N–H and O–H groups in total. The van der Waals surface area contributed by atoms with Crippen molar-refractivity contribution in [2.75, 3.05) is 13.1 Å². The number of nitrogens with zero attached hydrogens (tertiary/aromatic N) is 2. The zero-order valence-corrected chi connectivity index (χ0v) is 17.2. The van der Waals surface area contributed by atoms with E-state index in [1.807, 2.05) is 30.5 Å². The number of rotatable bonds is 6. The molecule has 0 bridgehead atoms.